The van der Waals surface area contributed by atoms with Crippen LogP contribution in [0.15, 0.2) is 24.3 Å². The molecule has 0 atom stereocenters. The van der Waals surface area contributed by atoms with Gasteiger partial charge in [-0.1, -0.05) is 6.92 Å². The number of hydrogen-bond acceptors (Lipinski definition) is 5. The van der Waals surface area contributed by atoms with Crippen molar-refractivity contribution in [1.29, 1.82) is 0 Å². The van der Waals surface area contributed by atoms with E-state index in [1.54, 1.807) is 31.3 Å². The van der Waals surface area contributed by atoms with Crippen LogP contribution in [-0.4, -0.2) is 55.1 Å². The number of nitrogens with zero attached hydrogens (tertiary/aromatic N) is 2. The molecule has 0 radical (unpaired) electrons. The van der Waals surface area contributed by atoms with Crippen LogP contribution in [0.2, 0.25) is 0 Å². The van der Waals surface area contributed by atoms with Crippen LogP contribution in [-0.2, 0) is 14.3 Å². The van der Waals surface area contributed by atoms with Gasteiger partial charge in [-0.25, -0.2) is 9.59 Å². The Kier molecular flexibility index (Phi) is 5.76. The summed E-state index contributed by atoms with van der Waals surface area (Å²) in [6.45, 7) is 1.79. The van der Waals surface area contributed by atoms with Crippen LogP contribution >= 0.6 is 0 Å². The van der Waals surface area contributed by atoms with E-state index in [9.17, 15) is 19.2 Å². The minimum absolute atomic E-state index is 0.320. The van der Waals surface area contributed by atoms with E-state index in [4.69, 9.17) is 0 Å². The molecule has 1 saturated heterocycles. The number of carbonyl (C=O) groups is 4. The molecule has 9 heteroatoms. The summed E-state index contributed by atoms with van der Waals surface area (Å²) in [5.41, 5.74) is 0.229. The van der Waals surface area contributed by atoms with Crippen LogP contribution in [0.4, 0.5) is 21.0 Å². The number of urea groups is 1. The zero-order valence-corrected chi connectivity index (χ0v) is 16.9. The topological polar surface area (TPSA) is 108 Å². The van der Waals surface area contributed by atoms with E-state index < -0.39 is 23.6 Å². The van der Waals surface area contributed by atoms with Crippen molar-refractivity contribution in [2.45, 2.75) is 38.1 Å². The van der Waals surface area contributed by atoms with Gasteiger partial charge in [0.25, 0.3) is 5.91 Å². The first-order chi connectivity index (χ1) is 13.8. The summed E-state index contributed by atoms with van der Waals surface area (Å²) in [6.07, 6.45) is 2.45. The second-order valence-electron chi connectivity index (χ2n) is 7.71. The lowest BCUT2D eigenvalue weighted by atomic mass is 9.77. The third kappa shape index (κ3) is 4.18. The Bertz CT molecular complexity index is 815. The first kappa shape index (κ1) is 20.6. The second kappa shape index (κ2) is 8.10. The van der Waals surface area contributed by atoms with Crippen LogP contribution in [0.25, 0.3) is 0 Å². The number of benzene rings is 1. The SMILES string of the molecule is COC(=O)N(C)c1ccc(NC(=O)CN2C(=O)NC3(CCC(C)CC3)C2=O)cc1. The lowest BCUT2D eigenvalue weighted by Crippen LogP contribution is -2.49. The van der Waals surface area contributed by atoms with E-state index in [2.05, 4.69) is 22.3 Å². The van der Waals surface area contributed by atoms with E-state index in [0.29, 0.717) is 30.1 Å². The third-order valence-electron chi connectivity index (χ3n) is 5.66. The molecule has 1 saturated carbocycles. The first-order valence-corrected chi connectivity index (χ1v) is 9.61. The highest BCUT2D eigenvalue weighted by atomic mass is 16.5. The van der Waals surface area contributed by atoms with E-state index in [1.807, 2.05) is 0 Å². The van der Waals surface area contributed by atoms with Crippen LogP contribution < -0.4 is 15.5 Å². The molecular weight excluding hydrogens is 376 g/mol. The number of amides is 5. The van der Waals surface area contributed by atoms with E-state index in [-0.39, 0.29) is 12.5 Å². The van der Waals surface area contributed by atoms with Gasteiger partial charge in [-0.05, 0) is 55.9 Å². The molecule has 0 aromatic heterocycles. The Labute approximate surface area is 169 Å². The zero-order chi connectivity index (χ0) is 21.2. The molecule has 29 heavy (non-hydrogen) atoms. The molecule has 9 nitrogen and oxygen atoms in total. The molecule has 2 fully saturated rings. The minimum Gasteiger partial charge on any atom is -0.452 e. The van der Waals surface area contributed by atoms with E-state index in [0.717, 1.165) is 17.7 Å². The number of ether oxygens (including phenoxy) is 1. The van der Waals surface area contributed by atoms with Crippen molar-refractivity contribution in [3.8, 4) is 0 Å². The maximum atomic E-state index is 12.8. The molecule has 0 bridgehead atoms. The highest BCUT2D eigenvalue weighted by Gasteiger charge is 2.52. The van der Waals surface area contributed by atoms with Crippen LogP contribution in [0.1, 0.15) is 32.6 Å². The van der Waals surface area contributed by atoms with Gasteiger partial charge in [0.05, 0.1) is 7.11 Å². The summed E-state index contributed by atoms with van der Waals surface area (Å²) in [6, 6.07) is 6.04. The van der Waals surface area contributed by atoms with Crippen molar-refractivity contribution in [2.24, 2.45) is 5.92 Å². The van der Waals surface area contributed by atoms with Crippen LogP contribution in [0.3, 0.4) is 0 Å². The average molecular weight is 402 g/mol. The molecule has 1 aliphatic carbocycles. The molecule has 1 aromatic carbocycles. The molecule has 1 aromatic rings. The van der Waals surface area contributed by atoms with Gasteiger partial charge in [-0.15, -0.1) is 0 Å². The smallest absolute Gasteiger partial charge is 0.413 e. The van der Waals surface area contributed by atoms with Gasteiger partial charge in [-0.3, -0.25) is 19.4 Å². The molecular formula is C20H26N4O5. The lowest BCUT2D eigenvalue weighted by Gasteiger charge is -2.33. The Morgan fingerprint density at radius 2 is 1.86 bits per heavy atom. The fraction of sp³-hybridized carbons (Fsp3) is 0.500. The number of anilines is 2. The first-order valence-electron chi connectivity index (χ1n) is 9.61. The van der Waals surface area contributed by atoms with Gasteiger partial charge in [0.1, 0.15) is 12.1 Å². The number of rotatable bonds is 4. The molecule has 1 aliphatic heterocycles. The second-order valence-corrected chi connectivity index (χ2v) is 7.71. The van der Waals surface area contributed by atoms with E-state index in [1.165, 1.54) is 12.0 Å². The predicted octanol–water partition coefficient (Wildman–Crippen LogP) is 2.33. The Morgan fingerprint density at radius 3 is 2.45 bits per heavy atom. The molecule has 2 N–H and O–H groups in total. The number of imide groups is 1. The number of hydrogen-bond donors (Lipinski definition) is 2. The monoisotopic (exact) mass is 402 g/mol. The van der Waals surface area contributed by atoms with Gasteiger partial charge < -0.3 is 15.4 Å². The maximum absolute atomic E-state index is 12.8. The summed E-state index contributed by atoms with van der Waals surface area (Å²) in [5.74, 6) is -0.257. The summed E-state index contributed by atoms with van der Waals surface area (Å²) in [7, 11) is 2.86. The summed E-state index contributed by atoms with van der Waals surface area (Å²) in [4.78, 5) is 51.4. The third-order valence-corrected chi connectivity index (χ3v) is 5.66. The van der Waals surface area contributed by atoms with E-state index >= 15 is 0 Å². The average Bonchev–Trinajstić information content (AvgIpc) is 2.94. The Hall–Kier alpha value is -3.10. The lowest BCUT2D eigenvalue weighted by molar-refractivity contribution is -0.135. The van der Waals surface area contributed by atoms with Gasteiger partial charge in [0.2, 0.25) is 5.91 Å². The summed E-state index contributed by atoms with van der Waals surface area (Å²) in [5, 5.41) is 5.47. The quantitative estimate of drug-likeness (QED) is 0.752. The number of methoxy groups -OCH3 is 1. The molecule has 5 amide bonds. The molecule has 0 unspecified atom stereocenters. The number of carbonyl (C=O) groups excluding carboxylic acids is 4. The fourth-order valence-electron chi connectivity index (χ4n) is 3.77. The standard InChI is InChI=1S/C20H26N4O5/c1-13-8-10-20(11-9-13)17(26)24(18(27)22-20)12-16(25)21-14-4-6-15(7-5-14)23(2)19(28)29-3/h4-7,13H,8-12H2,1-3H3,(H,21,25)(H,22,27). The molecule has 1 heterocycles. The molecule has 2 aliphatic rings. The molecule has 3 rings (SSSR count). The van der Waals surface area contributed by atoms with Crippen molar-refractivity contribution in [3.63, 3.8) is 0 Å². The normalized spacial score (nSPS) is 23.7. The number of nitrogens with one attached hydrogen (secondary N) is 2. The largest absolute Gasteiger partial charge is 0.452 e. The highest BCUT2D eigenvalue weighted by Crippen LogP contribution is 2.36. The molecule has 1 spiro atoms. The van der Waals surface area contributed by atoms with Gasteiger partial charge in [0, 0.05) is 18.4 Å². The van der Waals surface area contributed by atoms with Crippen LogP contribution in [0.5, 0.6) is 0 Å². The fourth-order valence-corrected chi connectivity index (χ4v) is 3.77. The maximum Gasteiger partial charge on any atom is 0.413 e. The summed E-state index contributed by atoms with van der Waals surface area (Å²) >= 11 is 0. The van der Waals surface area contributed by atoms with Gasteiger partial charge in [-0.2, -0.15) is 0 Å². The van der Waals surface area contributed by atoms with Gasteiger partial charge in [0.15, 0.2) is 0 Å². The van der Waals surface area contributed by atoms with Gasteiger partial charge >= 0.3 is 12.1 Å². The Morgan fingerprint density at radius 1 is 1.24 bits per heavy atom. The van der Waals surface area contributed by atoms with Crippen molar-refractivity contribution in [2.75, 3.05) is 30.9 Å². The summed E-state index contributed by atoms with van der Waals surface area (Å²) < 4.78 is 4.65. The van der Waals surface area contributed by atoms with Crippen LogP contribution in [0, 0.1) is 5.92 Å². The van der Waals surface area contributed by atoms with Crippen molar-refractivity contribution in [1.82, 2.24) is 10.2 Å². The molecule has 156 valence electrons. The zero-order valence-electron chi connectivity index (χ0n) is 16.9. The highest BCUT2D eigenvalue weighted by molar-refractivity contribution is 6.10. The minimum atomic E-state index is -0.857. The van der Waals surface area contributed by atoms with Crippen molar-refractivity contribution in [3.05, 3.63) is 24.3 Å². The predicted molar refractivity (Wildman–Crippen MR) is 106 cm³/mol. The van der Waals surface area contributed by atoms with Crippen molar-refractivity contribution >= 4 is 35.3 Å². The Balaban J connectivity index is 1.60. The van der Waals surface area contributed by atoms with Crippen molar-refractivity contribution < 1.29 is 23.9 Å².